The SMILES string of the molecule is Fc1ccc(SCCNCC2CCOC2)cc1F. The average Bonchev–Trinajstić information content (AvgIpc) is 2.86. The van der Waals surface area contributed by atoms with Gasteiger partial charge in [-0.2, -0.15) is 0 Å². The molecule has 1 aliphatic heterocycles. The summed E-state index contributed by atoms with van der Waals surface area (Å²) in [6, 6.07) is 4.01. The first-order chi connectivity index (χ1) is 8.75. The molecule has 1 atom stereocenters. The van der Waals surface area contributed by atoms with Gasteiger partial charge >= 0.3 is 0 Å². The zero-order valence-corrected chi connectivity index (χ0v) is 10.9. The molecule has 0 amide bonds. The summed E-state index contributed by atoms with van der Waals surface area (Å²) < 4.78 is 30.9. The molecule has 18 heavy (non-hydrogen) atoms. The molecule has 1 aromatic rings. The van der Waals surface area contributed by atoms with Gasteiger partial charge in [0.1, 0.15) is 0 Å². The normalized spacial score (nSPS) is 19.3. The number of benzene rings is 1. The molecule has 1 aliphatic rings. The van der Waals surface area contributed by atoms with E-state index >= 15 is 0 Å². The van der Waals surface area contributed by atoms with Gasteiger partial charge in [0.2, 0.25) is 0 Å². The molecule has 2 rings (SSSR count). The fourth-order valence-corrected chi connectivity index (χ4v) is 2.69. The zero-order valence-electron chi connectivity index (χ0n) is 10.1. The largest absolute Gasteiger partial charge is 0.381 e. The van der Waals surface area contributed by atoms with Crippen molar-refractivity contribution >= 4 is 11.8 Å². The minimum absolute atomic E-state index is 0.623. The van der Waals surface area contributed by atoms with E-state index in [0.717, 1.165) is 43.4 Å². The van der Waals surface area contributed by atoms with E-state index in [2.05, 4.69) is 5.32 Å². The first kappa shape index (κ1) is 13.8. The van der Waals surface area contributed by atoms with Crippen molar-refractivity contribution in [3.05, 3.63) is 29.8 Å². The standard InChI is InChI=1S/C13H17F2NOS/c14-12-2-1-11(7-13(12)15)18-6-4-16-8-10-3-5-17-9-10/h1-2,7,10,16H,3-6,8-9H2. The van der Waals surface area contributed by atoms with Gasteiger partial charge in [0.25, 0.3) is 0 Å². The van der Waals surface area contributed by atoms with E-state index in [-0.39, 0.29) is 0 Å². The van der Waals surface area contributed by atoms with Crippen LogP contribution in [0, 0.1) is 17.6 Å². The van der Waals surface area contributed by atoms with Crippen LogP contribution in [0.2, 0.25) is 0 Å². The molecule has 0 aromatic heterocycles. The molecule has 100 valence electrons. The van der Waals surface area contributed by atoms with Gasteiger partial charge in [-0.15, -0.1) is 11.8 Å². The third-order valence-electron chi connectivity index (χ3n) is 2.90. The molecule has 0 bridgehead atoms. The maximum absolute atomic E-state index is 12.9. The smallest absolute Gasteiger partial charge is 0.159 e. The summed E-state index contributed by atoms with van der Waals surface area (Å²) >= 11 is 1.53. The van der Waals surface area contributed by atoms with Crippen LogP contribution in [0.1, 0.15) is 6.42 Å². The molecule has 1 unspecified atom stereocenters. The topological polar surface area (TPSA) is 21.3 Å². The first-order valence-corrected chi connectivity index (χ1v) is 7.10. The van der Waals surface area contributed by atoms with Crippen molar-refractivity contribution < 1.29 is 13.5 Å². The van der Waals surface area contributed by atoms with Gasteiger partial charge in [-0.3, -0.25) is 0 Å². The fourth-order valence-electron chi connectivity index (χ4n) is 1.86. The monoisotopic (exact) mass is 273 g/mol. The van der Waals surface area contributed by atoms with Gasteiger partial charge in [-0.1, -0.05) is 0 Å². The summed E-state index contributed by atoms with van der Waals surface area (Å²) in [6.45, 7) is 3.55. The van der Waals surface area contributed by atoms with Gasteiger partial charge in [0.15, 0.2) is 11.6 Å². The molecule has 2 nitrogen and oxygen atoms in total. The third kappa shape index (κ3) is 4.23. The lowest BCUT2D eigenvalue weighted by Crippen LogP contribution is -2.25. The predicted molar refractivity (Wildman–Crippen MR) is 68.9 cm³/mol. The number of halogens is 2. The van der Waals surface area contributed by atoms with Gasteiger partial charge in [-0.25, -0.2) is 8.78 Å². The van der Waals surface area contributed by atoms with E-state index < -0.39 is 11.6 Å². The quantitative estimate of drug-likeness (QED) is 0.636. The Hall–Kier alpha value is -0.650. The van der Waals surface area contributed by atoms with Gasteiger partial charge in [0.05, 0.1) is 6.61 Å². The van der Waals surface area contributed by atoms with Gasteiger partial charge in [0, 0.05) is 30.3 Å². The van der Waals surface area contributed by atoms with E-state index in [4.69, 9.17) is 4.74 Å². The van der Waals surface area contributed by atoms with E-state index in [1.807, 2.05) is 0 Å². The average molecular weight is 273 g/mol. The molecule has 1 fully saturated rings. The van der Waals surface area contributed by atoms with Crippen LogP contribution in [0.4, 0.5) is 8.78 Å². The lowest BCUT2D eigenvalue weighted by Gasteiger charge is -2.09. The van der Waals surface area contributed by atoms with Crippen LogP contribution in [-0.4, -0.2) is 32.1 Å². The van der Waals surface area contributed by atoms with Crippen molar-refractivity contribution in [1.82, 2.24) is 5.32 Å². The Morgan fingerprint density at radius 2 is 2.22 bits per heavy atom. The Morgan fingerprint density at radius 3 is 2.94 bits per heavy atom. The second-order valence-electron chi connectivity index (χ2n) is 4.36. The lowest BCUT2D eigenvalue weighted by molar-refractivity contribution is 0.185. The zero-order chi connectivity index (χ0) is 12.8. The van der Waals surface area contributed by atoms with Crippen LogP contribution in [0.15, 0.2) is 23.1 Å². The van der Waals surface area contributed by atoms with E-state index in [0.29, 0.717) is 5.92 Å². The van der Waals surface area contributed by atoms with Crippen LogP contribution in [-0.2, 0) is 4.74 Å². The number of thioether (sulfide) groups is 1. The number of ether oxygens (including phenoxy) is 1. The number of hydrogen-bond acceptors (Lipinski definition) is 3. The first-order valence-electron chi connectivity index (χ1n) is 6.12. The maximum Gasteiger partial charge on any atom is 0.159 e. The minimum atomic E-state index is -0.793. The van der Waals surface area contributed by atoms with Gasteiger partial charge in [-0.05, 0) is 30.5 Å². The molecule has 5 heteroatoms. The molecule has 1 heterocycles. The summed E-state index contributed by atoms with van der Waals surface area (Å²) in [6.07, 6.45) is 1.13. The van der Waals surface area contributed by atoms with Crippen molar-refractivity contribution in [2.45, 2.75) is 11.3 Å². The van der Waals surface area contributed by atoms with Crippen molar-refractivity contribution in [3.8, 4) is 0 Å². The Bertz CT molecular complexity index is 383. The van der Waals surface area contributed by atoms with E-state index in [1.165, 1.54) is 23.9 Å². The second kappa shape index (κ2) is 7.07. The lowest BCUT2D eigenvalue weighted by atomic mass is 10.1. The van der Waals surface area contributed by atoms with Crippen molar-refractivity contribution in [2.75, 3.05) is 32.1 Å². The highest BCUT2D eigenvalue weighted by Crippen LogP contribution is 2.19. The predicted octanol–water partition coefficient (Wildman–Crippen LogP) is 2.68. The molecule has 0 spiro atoms. The van der Waals surface area contributed by atoms with Crippen molar-refractivity contribution in [1.29, 1.82) is 0 Å². The Kier molecular flexibility index (Phi) is 5.41. The Morgan fingerprint density at radius 1 is 1.33 bits per heavy atom. The second-order valence-corrected chi connectivity index (χ2v) is 5.53. The molecular formula is C13H17F2NOS. The van der Waals surface area contributed by atoms with Crippen LogP contribution in [0.5, 0.6) is 0 Å². The highest BCUT2D eigenvalue weighted by atomic mass is 32.2. The van der Waals surface area contributed by atoms with Crippen molar-refractivity contribution in [3.63, 3.8) is 0 Å². The van der Waals surface area contributed by atoms with Crippen LogP contribution < -0.4 is 5.32 Å². The molecule has 1 N–H and O–H groups in total. The molecule has 0 aliphatic carbocycles. The fraction of sp³-hybridized carbons (Fsp3) is 0.538. The van der Waals surface area contributed by atoms with Crippen LogP contribution >= 0.6 is 11.8 Å². The van der Waals surface area contributed by atoms with Crippen LogP contribution in [0.25, 0.3) is 0 Å². The van der Waals surface area contributed by atoms with Crippen LogP contribution in [0.3, 0.4) is 0 Å². The molecule has 0 radical (unpaired) electrons. The number of nitrogens with one attached hydrogen (secondary N) is 1. The number of rotatable bonds is 6. The van der Waals surface area contributed by atoms with E-state index in [9.17, 15) is 8.78 Å². The summed E-state index contributed by atoms with van der Waals surface area (Å²) in [7, 11) is 0. The molecule has 1 saturated heterocycles. The maximum atomic E-state index is 12.9. The third-order valence-corrected chi connectivity index (χ3v) is 3.89. The highest BCUT2D eigenvalue weighted by Gasteiger charge is 2.14. The summed E-state index contributed by atoms with van der Waals surface area (Å²) in [5.41, 5.74) is 0. The molecule has 0 saturated carbocycles. The molecule has 1 aromatic carbocycles. The summed E-state index contributed by atoms with van der Waals surface area (Å²) in [5.74, 6) is -0.105. The van der Waals surface area contributed by atoms with E-state index in [1.54, 1.807) is 6.07 Å². The molecular weight excluding hydrogens is 256 g/mol. The van der Waals surface area contributed by atoms with Gasteiger partial charge < -0.3 is 10.1 Å². The summed E-state index contributed by atoms with van der Waals surface area (Å²) in [4.78, 5) is 0.764. The summed E-state index contributed by atoms with van der Waals surface area (Å²) in [5, 5.41) is 3.35. The van der Waals surface area contributed by atoms with Crippen molar-refractivity contribution in [2.24, 2.45) is 5.92 Å². The Labute approximate surface area is 110 Å². The Balaban J connectivity index is 1.61. The highest BCUT2D eigenvalue weighted by molar-refractivity contribution is 7.99. The minimum Gasteiger partial charge on any atom is -0.381 e. The number of hydrogen-bond donors (Lipinski definition) is 1.